The molecule has 1 atom stereocenters. The monoisotopic (exact) mass is 277 g/mol. The van der Waals surface area contributed by atoms with E-state index in [0.29, 0.717) is 13.1 Å². The van der Waals surface area contributed by atoms with Crippen LogP contribution in [0.5, 0.6) is 0 Å². The molecule has 4 nitrogen and oxygen atoms in total. The highest BCUT2D eigenvalue weighted by molar-refractivity contribution is 5.79. The summed E-state index contributed by atoms with van der Waals surface area (Å²) in [4.78, 5) is 16.6. The second-order valence-electron chi connectivity index (χ2n) is 5.39. The number of hydrogen-bond acceptors (Lipinski definition) is 3. The molecule has 0 radical (unpaired) electrons. The number of amides is 1. The van der Waals surface area contributed by atoms with Gasteiger partial charge in [0.05, 0.1) is 5.92 Å². The Kier molecular flexibility index (Phi) is 7.26. The summed E-state index contributed by atoms with van der Waals surface area (Å²) in [7, 11) is 4.04. The summed E-state index contributed by atoms with van der Waals surface area (Å²) in [6, 6.07) is 10.1. The smallest absolute Gasteiger partial charge is 0.227 e. The number of carbonyl (C=O) groups excluding carboxylic acids is 1. The molecule has 0 aliphatic carbocycles. The minimum absolute atomic E-state index is 0.0686. The number of benzene rings is 1. The fraction of sp³-hybridized carbons (Fsp3) is 0.562. The molecule has 0 saturated heterocycles. The zero-order chi connectivity index (χ0) is 15.0. The van der Waals surface area contributed by atoms with E-state index in [2.05, 4.69) is 17.0 Å². The molecule has 1 amide bonds. The highest BCUT2D eigenvalue weighted by atomic mass is 16.2. The Labute approximate surface area is 122 Å². The van der Waals surface area contributed by atoms with Gasteiger partial charge in [-0.2, -0.15) is 0 Å². The number of carbonyl (C=O) groups is 1. The van der Waals surface area contributed by atoms with Crippen molar-refractivity contribution in [1.29, 1.82) is 0 Å². The topological polar surface area (TPSA) is 49.6 Å². The fourth-order valence-corrected chi connectivity index (χ4v) is 2.09. The lowest BCUT2D eigenvalue weighted by molar-refractivity contribution is -0.136. The predicted octanol–water partition coefficient (Wildman–Crippen LogP) is 1.56. The highest BCUT2D eigenvalue weighted by Gasteiger charge is 2.21. The number of hydrogen-bond donors (Lipinski definition) is 1. The molecule has 1 aromatic rings. The van der Waals surface area contributed by atoms with Crippen molar-refractivity contribution in [2.45, 2.75) is 19.9 Å². The third-order valence-corrected chi connectivity index (χ3v) is 3.47. The Morgan fingerprint density at radius 1 is 1.20 bits per heavy atom. The third kappa shape index (κ3) is 5.31. The molecule has 0 fully saturated rings. The van der Waals surface area contributed by atoms with Gasteiger partial charge in [-0.15, -0.1) is 0 Å². The average Bonchev–Trinajstić information content (AvgIpc) is 2.45. The van der Waals surface area contributed by atoms with Crippen LogP contribution >= 0.6 is 0 Å². The van der Waals surface area contributed by atoms with Gasteiger partial charge in [-0.1, -0.05) is 37.3 Å². The maximum atomic E-state index is 12.5. The molecular weight excluding hydrogens is 250 g/mol. The molecule has 0 heterocycles. The molecule has 112 valence electrons. The van der Waals surface area contributed by atoms with E-state index in [9.17, 15) is 4.79 Å². The molecule has 0 saturated carbocycles. The number of likely N-dealkylation sites (N-methyl/N-ethyl adjacent to an activating group) is 1. The van der Waals surface area contributed by atoms with Crippen LogP contribution in [0.2, 0.25) is 0 Å². The fourth-order valence-electron chi connectivity index (χ4n) is 2.09. The van der Waals surface area contributed by atoms with Crippen molar-refractivity contribution in [2.24, 2.45) is 11.7 Å². The molecule has 0 aliphatic heterocycles. The lowest BCUT2D eigenvalue weighted by atomic mass is 10.0. The Balaban J connectivity index is 2.76. The average molecular weight is 277 g/mol. The van der Waals surface area contributed by atoms with Gasteiger partial charge < -0.3 is 15.5 Å². The standard InChI is InChI=1S/C16H27N3O/c1-4-15(12-17)16(20)19(11-10-18(2)3)13-14-8-6-5-7-9-14/h5-9,15H,4,10-13,17H2,1-3H3. The van der Waals surface area contributed by atoms with Gasteiger partial charge in [-0.05, 0) is 26.1 Å². The van der Waals surface area contributed by atoms with E-state index >= 15 is 0 Å². The number of nitrogens with two attached hydrogens (primary N) is 1. The van der Waals surface area contributed by atoms with E-state index < -0.39 is 0 Å². The Morgan fingerprint density at radius 2 is 1.85 bits per heavy atom. The van der Waals surface area contributed by atoms with Crippen LogP contribution in [0.25, 0.3) is 0 Å². The van der Waals surface area contributed by atoms with Crippen LogP contribution in [-0.4, -0.2) is 49.4 Å². The largest absolute Gasteiger partial charge is 0.337 e. The van der Waals surface area contributed by atoms with Gasteiger partial charge in [0, 0.05) is 26.2 Å². The van der Waals surface area contributed by atoms with E-state index in [1.54, 1.807) is 0 Å². The summed E-state index contributed by atoms with van der Waals surface area (Å²) >= 11 is 0. The predicted molar refractivity (Wildman–Crippen MR) is 83.2 cm³/mol. The van der Waals surface area contributed by atoms with Crippen molar-refractivity contribution in [1.82, 2.24) is 9.80 Å². The Hall–Kier alpha value is -1.39. The second-order valence-corrected chi connectivity index (χ2v) is 5.39. The van der Waals surface area contributed by atoms with E-state index in [4.69, 9.17) is 5.73 Å². The molecular formula is C16H27N3O. The van der Waals surface area contributed by atoms with Crippen LogP contribution in [0.4, 0.5) is 0 Å². The van der Waals surface area contributed by atoms with Gasteiger partial charge in [0.15, 0.2) is 0 Å². The van der Waals surface area contributed by atoms with Crippen LogP contribution in [0.3, 0.4) is 0 Å². The first-order valence-electron chi connectivity index (χ1n) is 7.26. The minimum atomic E-state index is -0.0686. The Bertz CT molecular complexity index is 388. The molecule has 1 unspecified atom stereocenters. The van der Waals surface area contributed by atoms with Crippen molar-refractivity contribution >= 4 is 5.91 Å². The lowest BCUT2D eigenvalue weighted by Gasteiger charge is -2.28. The van der Waals surface area contributed by atoms with Crippen molar-refractivity contribution < 1.29 is 4.79 Å². The van der Waals surface area contributed by atoms with Crippen LogP contribution in [0, 0.1) is 5.92 Å². The second kappa shape index (κ2) is 8.72. The maximum Gasteiger partial charge on any atom is 0.227 e. The molecule has 0 aliphatic rings. The highest BCUT2D eigenvalue weighted by Crippen LogP contribution is 2.11. The molecule has 20 heavy (non-hydrogen) atoms. The van der Waals surface area contributed by atoms with E-state index in [0.717, 1.165) is 25.1 Å². The van der Waals surface area contributed by atoms with Crippen molar-refractivity contribution in [3.8, 4) is 0 Å². The third-order valence-electron chi connectivity index (χ3n) is 3.47. The van der Waals surface area contributed by atoms with E-state index in [1.807, 2.05) is 44.1 Å². The van der Waals surface area contributed by atoms with Crippen molar-refractivity contribution in [3.05, 3.63) is 35.9 Å². The van der Waals surface area contributed by atoms with Crippen molar-refractivity contribution in [3.63, 3.8) is 0 Å². The minimum Gasteiger partial charge on any atom is -0.337 e. The first-order chi connectivity index (χ1) is 9.58. The van der Waals surface area contributed by atoms with Gasteiger partial charge in [0.2, 0.25) is 5.91 Å². The van der Waals surface area contributed by atoms with Crippen LogP contribution in [-0.2, 0) is 11.3 Å². The maximum absolute atomic E-state index is 12.5. The molecule has 1 rings (SSSR count). The van der Waals surface area contributed by atoms with Gasteiger partial charge in [-0.25, -0.2) is 0 Å². The van der Waals surface area contributed by atoms with Gasteiger partial charge in [0.1, 0.15) is 0 Å². The summed E-state index contributed by atoms with van der Waals surface area (Å²) in [6.07, 6.45) is 0.794. The number of rotatable bonds is 8. The molecule has 2 N–H and O–H groups in total. The van der Waals surface area contributed by atoms with Gasteiger partial charge >= 0.3 is 0 Å². The summed E-state index contributed by atoms with van der Waals surface area (Å²) < 4.78 is 0. The summed E-state index contributed by atoms with van der Waals surface area (Å²) in [5, 5.41) is 0. The first-order valence-corrected chi connectivity index (χ1v) is 7.26. The molecule has 0 spiro atoms. The van der Waals surface area contributed by atoms with Crippen LogP contribution < -0.4 is 5.73 Å². The van der Waals surface area contributed by atoms with Crippen LogP contribution in [0.1, 0.15) is 18.9 Å². The van der Waals surface area contributed by atoms with Gasteiger partial charge in [-0.3, -0.25) is 4.79 Å². The summed E-state index contributed by atoms with van der Waals surface area (Å²) in [5.41, 5.74) is 6.87. The first kappa shape index (κ1) is 16.7. The van der Waals surface area contributed by atoms with Gasteiger partial charge in [0.25, 0.3) is 0 Å². The summed E-state index contributed by atoms with van der Waals surface area (Å²) in [5.74, 6) is 0.0987. The lowest BCUT2D eigenvalue weighted by Crippen LogP contribution is -2.41. The normalized spacial score (nSPS) is 12.4. The van der Waals surface area contributed by atoms with Crippen molar-refractivity contribution in [2.75, 3.05) is 33.7 Å². The van der Waals surface area contributed by atoms with E-state index in [-0.39, 0.29) is 11.8 Å². The number of nitrogens with zero attached hydrogens (tertiary/aromatic N) is 2. The molecule has 0 bridgehead atoms. The quantitative estimate of drug-likeness (QED) is 0.784. The van der Waals surface area contributed by atoms with Crippen LogP contribution in [0.15, 0.2) is 30.3 Å². The summed E-state index contributed by atoms with van der Waals surface area (Å²) in [6.45, 7) is 4.69. The Morgan fingerprint density at radius 3 is 2.35 bits per heavy atom. The molecule has 1 aromatic carbocycles. The zero-order valence-corrected chi connectivity index (χ0v) is 12.9. The molecule has 0 aromatic heterocycles. The molecule has 4 heteroatoms. The zero-order valence-electron chi connectivity index (χ0n) is 12.9. The SMILES string of the molecule is CCC(CN)C(=O)N(CCN(C)C)Cc1ccccc1. The van der Waals surface area contributed by atoms with E-state index in [1.165, 1.54) is 0 Å².